The Morgan fingerprint density at radius 2 is 2.07 bits per heavy atom. The van der Waals surface area contributed by atoms with Crippen LogP contribution < -0.4 is 10.4 Å². The van der Waals surface area contributed by atoms with Crippen molar-refractivity contribution in [3.8, 4) is 5.75 Å². The molecular formula is C18H20FN5O3. The number of hydrogen-bond donors (Lipinski definition) is 2. The summed E-state index contributed by atoms with van der Waals surface area (Å²) in [6.07, 6.45) is 1.42. The van der Waals surface area contributed by atoms with Gasteiger partial charge in [0.25, 0.3) is 5.91 Å². The molecule has 0 saturated carbocycles. The van der Waals surface area contributed by atoms with Gasteiger partial charge >= 0.3 is 5.69 Å². The van der Waals surface area contributed by atoms with E-state index in [-0.39, 0.29) is 23.0 Å². The van der Waals surface area contributed by atoms with Gasteiger partial charge in [0.2, 0.25) is 0 Å². The quantitative estimate of drug-likeness (QED) is 0.731. The number of ether oxygens (including phenoxy) is 1. The molecule has 0 bridgehead atoms. The average molecular weight is 373 g/mol. The smallest absolute Gasteiger partial charge is 0.343 e. The number of carbonyl (C=O) groups is 1. The Bertz CT molecular complexity index is 1060. The number of fused-ring (bicyclic) bond motifs is 1. The lowest BCUT2D eigenvalue weighted by atomic mass is 9.96. The molecule has 3 aromatic rings. The summed E-state index contributed by atoms with van der Waals surface area (Å²) in [6.45, 7) is 1.08. The molecule has 1 aliphatic heterocycles. The van der Waals surface area contributed by atoms with Gasteiger partial charge in [0.05, 0.1) is 12.6 Å². The Morgan fingerprint density at radius 1 is 1.33 bits per heavy atom. The second-order valence-corrected chi connectivity index (χ2v) is 6.73. The zero-order valence-electron chi connectivity index (χ0n) is 15.1. The largest absolute Gasteiger partial charge is 0.496 e. The average Bonchev–Trinajstić information content (AvgIpc) is 3.27. The second kappa shape index (κ2) is 6.57. The van der Waals surface area contributed by atoms with Crippen molar-refractivity contribution < 1.29 is 13.9 Å². The van der Waals surface area contributed by atoms with E-state index in [2.05, 4.69) is 15.2 Å². The molecule has 1 fully saturated rings. The van der Waals surface area contributed by atoms with Gasteiger partial charge in [-0.1, -0.05) is 0 Å². The van der Waals surface area contributed by atoms with Gasteiger partial charge in [0.1, 0.15) is 23.1 Å². The number of nitrogens with zero attached hydrogens (tertiary/aromatic N) is 3. The van der Waals surface area contributed by atoms with E-state index in [0.29, 0.717) is 48.6 Å². The van der Waals surface area contributed by atoms with Crippen LogP contribution in [0.1, 0.15) is 35.1 Å². The molecule has 3 heterocycles. The number of benzene rings is 1. The lowest BCUT2D eigenvalue weighted by molar-refractivity contribution is 0.0705. The minimum atomic E-state index is -0.428. The maximum absolute atomic E-state index is 14.1. The first-order valence-electron chi connectivity index (χ1n) is 8.75. The highest BCUT2D eigenvalue weighted by Gasteiger charge is 2.28. The summed E-state index contributed by atoms with van der Waals surface area (Å²) in [7, 11) is 3.19. The Balaban J connectivity index is 1.53. The number of carbonyl (C=O) groups excluding carboxylic acids is 1. The number of likely N-dealkylation sites (tertiary alicyclic amines) is 1. The number of rotatable bonds is 3. The summed E-state index contributed by atoms with van der Waals surface area (Å²) in [5.74, 6) is 0.743. The fourth-order valence-corrected chi connectivity index (χ4v) is 3.69. The first-order chi connectivity index (χ1) is 13.0. The van der Waals surface area contributed by atoms with Crippen molar-refractivity contribution in [3.05, 3.63) is 46.0 Å². The van der Waals surface area contributed by atoms with Gasteiger partial charge in [-0.3, -0.25) is 9.36 Å². The molecule has 0 atom stereocenters. The molecule has 8 nitrogen and oxygen atoms in total. The molecule has 4 rings (SSSR count). The first-order valence-corrected chi connectivity index (χ1v) is 8.75. The normalized spacial score (nSPS) is 15.4. The van der Waals surface area contributed by atoms with Crippen LogP contribution in [-0.2, 0) is 7.05 Å². The third-order valence-corrected chi connectivity index (χ3v) is 5.22. The Morgan fingerprint density at radius 3 is 2.70 bits per heavy atom. The summed E-state index contributed by atoms with van der Waals surface area (Å²) in [5.41, 5.74) is 0.357. The zero-order chi connectivity index (χ0) is 19.1. The van der Waals surface area contributed by atoms with Crippen LogP contribution in [0.15, 0.2) is 23.0 Å². The summed E-state index contributed by atoms with van der Waals surface area (Å²) < 4.78 is 20.8. The van der Waals surface area contributed by atoms with Crippen LogP contribution >= 0.6 is 0 Å². The number of hydrogen-bond acceptors (Lipinski definition) is 4. The van der Waals surface area contributed by atoms with Crippen LogP contribution in [0.25, 0.3) is 10.9 Å². The number of amides is 1. The molecule has 2 N–H and O–H groups in total. The van der Waals surface area contributed by atoms with Crippen molar-refractivity contribution in [2.24, 2.45) is 7.05 Å². The predicted octanol–water partition coefficient (Wildman–Crippen LogP) is 1.76. The SMILES string of the molecule is COc1ccc(F)c2[nH]c(C(=O)N3CCC(c4n[nH]c(=O)n4C)CC3)cc12. The number of piperidine rings is 1. The summed E-state index contributed by atoms with van der Waals surface area (Å²) >= 11 is 0. The molecule has 2 aromatic heterocycles. The topological polar surface area (TPSA) is 96.0 Å². The summed E-state index contributed by atoms with van der Waals surface area (Å²) in [6, 6.07) is 4.48. The van der Waals surface area contributed by atoms with Crippen LogP contribution in [0.5, 0.6) is 5.75 Å². The van der Waals surface area contributed by atoms with Gasteiger partial charge in [-0.2, -0.15) is 5.10 Å². The number of nitrogens with one attached hydrogen (secondary N) is 2. The minimum absolute atomic E-state index is 0.123. The maximum Gasteiger partial charge on any atom is 0.343 e. The van der Waals surface area contributed by atoms with Crippen LogP contribution in [0.2, 0.25) is 0 Å². The van der Waals surface area contributed by atoms with E-state index < -0.39 is 5.82 Å². The standard InChI is InChI=1S/C18H20FN5O3/c1-23-16(21-22-18(23)26)10-5-7-24(8-6-10)17(25)13-9-11-14(27-2)4-3-12(19)15(11)20-13/h3-4,9-10,20H,5-8H2,1-2H3,(H,22,26). The molecule has 1 amide bonds. The number of H-pyrrole nitrogens is 2. The predicted molar refractivity (Wildman–Crippen MR) is 96.5 cm³/mol. The molecule has 142 valence electrons. The Hall–Kier alpha value is -3.10. The van der Waals surface area contributed by atoms with Gasteiger partial charge < -0.3 is 14.6 Å². The molecule has 1 aliphatic rings. The summed E-state index contributed by atoms with van der Waals surface area (Å²) in [4.78, 5) is 29.0. The fourth-order valence-electron chi connectivity index (χ4n) is 3.69. The molecule has 9 heteroatoms. The number of aromatic amines is 2. The third kappa shape index (κ3) is 2.88. The van der Waals surface area contributed by atoms with Crippen LogP contribution in [0, 0.1) is 5.82 Å². The molecule has 1 aromatic carbocycles. The van der Waals surface area contributed by atoms with Gasteiger partial charge in [-0.25, -0.2) is 14.3 Å². The van der Waals surface area contributed by atoms with E-state index in [1.165, 1.54) is 17.7 Å². The second-order valence-electron chi connectivity index (χ2n) is 6.73. The first kappa shape index (κ1) is 17.3. The highest BCUT2D eigenvalue weighted by atomic mass is 19.1. The van der Waals surface area contributed by atoms with Crippen molar-refractivity contribution in [2.75, 3.05) is 20.2 Å². The van der Waals surface area contributed by atoms with E-state index in [0.717, 1.165) is 0 Å². The van der Waals surface area contributed by atoms with Crippen molar-refractivity contribution in [3.63, 3.8) is 0 Å². The van der Waals surface area contributed by atoms with Crippen LogP contribution in [0.3, 0.4) is 0 Å². The number of aromatic nitrogens is 4. The molecule has 0 radical (unpaired) electrons. The van der Waals surface area contributed by atoms with Gasteiger partial charge in [0.15, 0.2) is 0 Å². The maximum atomic E-state index is 14.1. The lowest BCUT2D eigenvalue weighted by Gasteiger charge is -2.31. The molecule has 0 spiro atoms. The van der Waals surface area contributed by atoms with Gasteiger partial charge in [-0.05, 0) is 31.0 Å². The van der Waals surface area contributed by atoms with Gasteiger partial charge in [-0.15, -0.1) is 0 Å². The van der Waals surface area contributed by atoms with E-state index in [9.17, 15) is 14.0 Å². The van der Waals surface area contributed by atoms with Crippen molar-refractivity contribution >= 4 is 16.8 Å². The molecule has 27 heavy (non-hydrogen) atoms. The van der Waals surface area contributed by atoms with Crippen molar-refractivity contribution in [1.29, 1.82) is 0 Å². The Kier molecular flexibility index (Phi) is 4.21. The highest BCUT2D eigenvalue weighted by Crippen LogP contribution is 2.30. The number of halogens is 1. The van der Waals surface area contributed by atoms with Crippen molar-refractivity contribution in [2.45, 2.75) is 18.8 Å². The van der Waals surface area contributed by atoms with E-state index in [4.69, 9.17) is 4.74 Å². The van der Waals surface area contributed by atoms with E-state index >= 15 is 0 Å². The lowest BCUT2D eigenvalue weighted by Crippen LogP contribution is -2.38. The number of methoxy groups -OCH3 is 1. The third-order valence-electron chi connectivity index (χ3n) is 5.22. The molecule has 0 aliphatic carbocycles. The highest BCUT2D eigenvalue weighted by molar-refractivity contribution is 5.99. The van der Waals surface area contributed by atoms with Crippen LogP contribution in [0.4, 0.5) is 4.39 Å². The minimum Gasteiger partial charge on any atom is -0.496 e. The summed E-state index contributed by atoms with van der Waals surface area (Å²) in [5, 5.41) is 7.08. The van der Waals surface area contributed by atoms with E-state index in [1.807, 2.05) is 0 Å². The molecule has 0 unspecified atom stereocenters. The zero-order valence-corrected chi connectivity index (χ0v) is 15.1. The molecular weight excluding hydrogens is 353 g/mol. The molecule has 1 saturated heterocycles. The van der Waals surface area contributed by atoms with Gasteiger partial charge in [0, 0.05) is 31.4 Å². The Labute approximate surface area is 153 Å². The fraction of sp³-hybridized carbons (Fsp3) is 0.389. The van der Waals surface area contributed by atoms with Crippen molar-refractivity contribution in [1.82, 2.24) is 24.6 Å². The monoisotopic (exact) mass is 373 g/mol. The van der Waals surface area contributed by atoms with E-state index in [1.54, 1.807) is 24.1 Å². The van der Waals surface area contributed by atoms with Crippen LogP contribution in [-0.4, -0.2) is 50.8 Å².